The van der Waals surface area contributed by atoms with E-state index in [-0.39, 0.29) is 0 Å². The number of aromatic nitrogens is 5. The van der Waals surface area contributed by atoms with E-state index in [0.717, 1.165) is 56.0 Å². The Morgan fingerprint density at radius 1 is 1.11 bits per heavy atom. The molecule has 9 heteroatoms. The average Bonchev–Trinajstić information content (AvgIpc) is 3.40. The van der Waals surface area contributed by atoms with Crippen molar-refractivity contribution in [3.05, 3.63) is 98.4 Å². The topological polar surface area (TPSA) is 108 Å². The Hall–Kier alpha value is -4.66. The number of imidazole rings is 1. The maximum absolute atomic E-state index is 11.5. The van der Waals surface area contributed by atoms with Crippen molar-refractivity contribution < 1.29 is 14.0 Å². The molecule has 9 nitrogen and oxygen atoms in total. The highest BCUT2D eigenvalue weighted by Gasteiger charge is 2.21. The number of rotatable bonds is 5. The van der Waals surface area contributed by atoms with E-state index >= 15 is 0 Å². The molecule has 0 spiro atoms. The normalized spacial score (nSPS) is 13.8. The van der Waals surface area contributed by atoms with Crippen molar-refractivity contribution in [1.82, 2.24) is 24.7 Å². The van der Waals surface area contributed by atoms with E-state index in [1.54, 1.807) is 0 Å². The lowest BCUT2D eigenvalue weighted by Crippen LogP contribution is -2.07. The number of H-pyrrole nitrogens is 1. The van der Waals surface area contributed by atoms with Gasteiger partial charge >= 0.3 is 5.76 Å². The van der Waals surface area contributed by atoms with Crippen LogP contribution in [0.2, 0.25) is 0 Å². The molecule has 5 aromatic rings. The maximum Gasteiger partial charge on any atom is 0.439 e. The summed E-state index contributed by atoms with van der Waals surface area (Å²) in [6.45, 7) is 7.41. The van der Waals surface area contributed by atoms with Crippen LogP contribution in [0.4, 0.5) is 0 Å². The molecule has 0 aliphatic carbocycles. The lowest BCUT2D eigenvalue weighted by Gasteiger charge is -2.13. The molecule has 0 saturated heterocycles. The molecule has 186 valence electrons. The number of hydrogen-bond donors (Lipinski definition) is 1. The Kier molecular flexibility index (Phi) is 5.60. The monoisotopic (exact) mass is 495 g/mol. The predicted molar refractivity (Wildman–Crippen MR) is 139 cm³/mol. The van der Waals surface area contributed by atoms with Gasteiger partial charge in [0, 0.05) is 11.3 Å². The minimum atomic E-state index is -0.600. The number of ether oxygens (including phenoxy) is 2. The summed E-state index contributed by atoms with van der Waals surface area (Å²) in [6, 6.07) is 16.7. The van der Waals surface area contributed by atoms with Crippen LogP contribution in [-0.4, -0.2) is 31.3 Å². The van der Waals surface area contributed by atoms with Gasteiger partial charge in [0.05, 0.1) is 13.2 Å². The van der Waals surface area contributed by atoms with Crippen LogP contribution in [0.25, 0.3) is 22.8 Å². The first kappa shape index (κ1) is 22.8. The first-order chi connectivity index (χ1) is 18.0. The van der Waals surface area contributed by atoms with Gasteiger partial charge in [-0.25, -0.2) is 9.78 Å². The van der Waals surface area contributed by atoms with Crippen LogP contribution in [0.3, 0.4) is 0 Å². The second kappa shape index (κ2) is 9.09. The molecule has 0 atom stereocenters. The minimum absolute atomic E-state index is 0.342. The van der Waals surface area contributed by atoms with Gasteiger partial charge in [-0.1, -0.05) is 35.5 Å². The van der Waals surface area contributed by atoms with Gasteiger partial charge in [0.25, 0.3) is 6.01 Å². The van der Waals surface area contributed by atoms with Gasteiger partial charge in [0.15, 0.2) is 11.5 Å². The molecule has 0 bridgehead atoms. The van der Waals surface area contributed by atoms with E-state index in [1.807, 2.05) is 61.7 Å². The van der Waals surface area contributed by atoms with Crippen LogP contribution in [0.5, 0.6) is 11.8 Å². The van der Waals surface area contributed by atoms with Crippen molar-refractivity contribution in [3.8, 4) is 11.8 Å². The van der Waals surface area contributed by atoms with Gasteiger partial charge in [0.1, 0.15) is 17.9 Å². The summed E-state index contributed by atoms with van der Waals surface area (Å²) in [7, 11) is 0. The third-order valence-corrected chi connectivity index (χ3v) is 6.36. The molecule has 1 aliphatic rings. The first-order valence-electron chi connectivity index (χ1n) is 12.1. The molecule has 6 rings (SSSR count). The summed E-state index contributed by atoms with van der Waals surface area (Å²) in [4.78, 5) is 23.6. The summed E-state index contributed by atoms with van der Waals surface area (Å²) in [5, 5.41) is 3.83. The predicted octanol–water partition coefficient (Wildman–Crippen LogP) is 4.65. The van der Waals surface area contributed by atoms with Gasteiger partial charge in [-0.3, -0.25) is 14.1 Å². The van der Waals surface area contributed by atoms with Crippen LogP contribution in [0, 0.1) is 13.8 Å². The molecule has 1 N–H and O–H groups in total. The summed E-state index contributed by atoms with van der Waals surface area (Å²) in [5.41, 5.74) is 8.49. The number of para-hydroxylation sites is 1. The standard InChI is InChI=1S/C28H25N5O4/c1-4-35-27-31-25-16(2)11-17(3)29-26(25)33(27)14-18-9-10-20-19(12-18)15-36-23-8-6-5-7-21(23)22(20)13-24-30-28(34)37-32-24/h5-13H,4,14-15H2,1-3H3,(H,30,32,34)/b22-13-. The van der Waals surface area contributed by atoms with Gasteiger partial charge in [0.2, 0.25) is 0 Å². The Morgan fingerprint density at radius 2 is 1.97 bits per heavy atom. The SMILES string of the molecule is CCOc1nc2c(C)cc(C)nc2n1Cc1ccc2c(c1)COc1ccccc1/C2=C\c1noc(=O)[nH]1. The average molecular weight is 496 g/mol. The highest BCUT2D eigenvalue weighted by molar-refractivity contribution is 5.93. The highest BCUT2D eigenvalue weighted by atomic mass is 16.5. The fourth-order valence-corrected chi connectivity index (χ4v) is 4.79. The van der Waals surface area contributed by atoms with E-state index in [9.17, 15) is 4.79 Å². The van der Waals surface area contributed by atoms with E-state index < -0.39 is 5.76 Å². The number of fused-ring (bicyclic) bond motifs is 3. The van der Waals surface area contributed by atoms with Crippen LogP contribution < -0.4 is 15.2 Å². The van der Waals surface area contributed by atoms with Crippen LogP contribution in [0.15, 0.2) is 57.8 Å². The molecule has 0 radical (unpaired) electrons. The van der Waals surface area contributed by atoms with Crippen molar-refractivity contribution in [2.45, 2.75) is 33.9 Å². The summed E-state index contributed by atoms with van der Waals surface area (Å²) < 4.78 is 18.8. The van der Waals surface area contributed by atoms with Crippen LogP contribution >= 0.6 is 0 Å². The van der Waals surface area contributed by atoms with Crippen molar-refractivity contribution in [3.63, 3.8) is 0 Å². The number of hydrogen-bond acceptors (Lipinski definition) is 7. The zero-order chi connectivity index (χ0) is 25.5. The number of benzene rings is 2. The second-order valence-electron chi connectivity index (χ2n) is 8.98. The smallest absolute Gasteiger partial charge is 0.439 e. The third kappa shape index (κ3) is 4.18. The molecule has 0 fully saturated rings. The summed E-state index contributed by atoms with van der Waals surface area (Å²) >= 11 is 0. The molecule has 0 saturated carbocycles. The fourth-order valence-electron chi connectivity index (χ4n) is 4.79. The van der Waals surface area contributed by atoms with Crippen LogP contribution in [-0.2, 0) is 13.2 Å². The Balaban J connectivity index is 1.45. The molecule has 4 heterocycles. The minimum Gasteiger partial charge on any atom is -0.488 e. The molecule has 2 aromatic carbocycles. The molecular formula is C28H25N5O4. The van der Waals surface area contributed by atoms with Gasteiger partial charge in [-0.15, -0.1) is 0 Å². The van der Waals surface area contributed by atoms with Crippen molar-refractivity contribution >= 4 is 22.8 Å². The Morgan fingerprint density at radius 3 is 2.78 bits per heavy atom. The maximum atomic E-state index is 11.5. The van der Waals surface area contributed by atoms with Gasteiger partial charge < -0.3 is 9.47 Å². The molecule has 0 amide bonds. The largest absolute Gasteiger partial charge is 0.488 e. The van der Waals surface area contributed by atoms with Gasteiger partial charge in [-0.2, -0.15) is 4.98 Å². The van der Waals surface area contributed by atoms with Crippen LogP contribution in [0.1, 0.15) is 46.3 Å². The van der Waals surface area contributed by atoms with Crippen molar-refractivity contribution in [1.29, 1.82) is 0 Å². The fraction of sp³-hybridized carbons (Fsp3) is 0.214. The quantitative estimate of drug-likeness (QED) is 0.378. The number of aromatic amines is 1. The van der Waals surface area contributed by atoms with Crippen molar-refractivity contribution in [2.24, 2.45) is 0 Å². The second-order valence-corrected chi connectivity index (χ2v) is 8.98. The zero-order valence-electron chi connectivity index (χ0n) is 20.7. The number of nitrogens with one attached hydrogen (secondary N) is 1. The number of pyridine rings is 1. The van der Waals surface area contributed by atoms with E-state index in [2.05, 4.69) is 28.3 Å². The molecule has 1 aliphatic heterocycles. The number of aryl methyl sites for hydroxylation is 2. The molecule has 37 heavy (non-hydrogen) atoms. The zero-order valence-corrected chi connectivity index (χ0v) is 20.7. The number of nitrogens with zero attached hydrogens (tertiary/aromatic N) is 4. The summed E-state index contributed by atoms with van der Waals surface area (Å²) in [5.74, 6) is 0.499. The van der Waals surface area contributed by atoms with Gasteiger partial charge in [-0.05, 0) is 72.9 Å². The van der Waals surface area contributed by atoms with E-state index in [1.165, 1.54) is 0 Å². The Bertz CT molecular complexity index is 1730. The molecule has 3 aromatic heterocycles. The highest BCUT2D eigenvalue weighted by Crippen LogP contribution is 2.38. The van der Waals surface area contributed by atoms with Crippen molar-refractivity contribution in [2.75, 3.05) is 6.61 Å². The third-order valence-electron chi connectivity index (χ3n) is 6.36. The van der Waals surface area contributed by atoms with E-state index in [4.69, 9.17) is 24.0 Å². The lowest BCUT2D eigenvalue weighted by molar-refractivity contribution is 0.300. The van der Waals surface area contributed by atoms with E-state index in [0.29, 0.717) is 31.6 Å². The lowest BCUT2D eigenvalue weighted by atomic mass is 9.92. The molecular weight excluding hydrogens is 470 g/mol. The first-order valence-corrected chi connectivity index (χ1v) is 12.1. The summed E-state index contributed by atoms with van der Waals surface area (Å²) in [6.07, 6.45) is 1.81. The molecule has 0 unspecified atom stereocenters. The Labute approximate surface area is 212 Å².